The van der Waals surface area contributed by atoms with Crippen molar-refractivity contribution in [2.45, 2.75) is 52.6 Å². The van der Waals surface area contributed by atoms with E-state index in [-0.39, 0.29) is 11.9 Å². The predicted octanol–water partition coefficient (Wildman–Crippen LogP) is 1.65. The lowest BCUT2D eigenvalue weighted by atomic mass is 10.2. The van der Waals surface area contributed by atoms with E-state index in [2.05, 4.69) is 5.32 Å². The van der Waals surface area contributed by atoms with Gasteiger partial charge in [0.1, 0.15) is 5.60 Å². The molecule has 0 aliphatic heterocycles. The number of rotatable bonds is 8. The van der Waals surface area contributed by atoms with Crippen molar-refractivity contribution in [3.05, 3.63) is 0 Å². The summed E-state index contributed by atoms with van der Waals surface area (Å²) in [5, 5.41) is 3.09. The highest BCUT2D eigenvalue weighted by molar-refractivity contribution is 5.70. The van der Waals surface area contributed by atoms with Crippen molar-refractivity contribution in [2.24, 2.45) is 0 Å². The van der Waals surface area contributed by atoms with Crippen LogP contribution >= 0.6 is 0 Å². The number of nitrogens with one attached hydrogen (secondary N) is 1. The summed E-state index contributed by atoms with van der Waals surface area (Å²) in [7, 11) is 0. The van der Waals surface area contributed by atoms with Gasteiger partial charge in [0, 0.05) is 13.0 Å². The highest BCUT2D eigenvalue weighted by Crippen LogP contribution is 2.07. The van der Waals surface area contributed by atoms with Crippen LogP contribution in [0.1, 0.15) is 47.0 Å². The monoisotopic (exact) mass is 259 g/mol. The summed E-state index contributed by atoms with van der Waals surface area (Å²) in [5.74, 6) is -0.383. The first-order chi connectivity index (χ1) is 8.35. The molecule has 18 heavy (non-hydrogen) atoms. The fraction of sp³-hybridized carbons (Fsp3) is 0.846. The maximum atomic E-state index is 11.3. The standard InChI is InChI=1S/C13H25NO4/c1-5-17-11(15)7-6-9-14-10-8-12(16)18-13(2,3)4/h14H,5-10H2,1-4H3. The molecule has 0 aromatic rings. The molecule has 1 N–H and O–H groups in total. The Morgan fingerprint density at radius 2 is 1.72 bits per heavy atom. The van der Waals surface area contributed by atoms with Crippen molar-refractivity contribution in [3.8, 4) is 0 Å². The Morgan fingerprint density at radius 1 is 1.06 bits per heavy atom. The third-order valence-electron chi connectivity index (χ3n) is 1.97. The van der Waals surface area contributed by atoms with Crippen molar-refractivity contribution >= 4 is 11.9 Å². The van der Waals surface area contributed by atoms with Crippen LogP contribution in [0.25, 0.3) is 0 Å². The summed E-state index contributed by atoms with van der Waals surface area (Å²) in [5.41, 5.74) is -0.430. The van der Waals surface area contributed by atoms with Crippen LogP contribution in [-0.4, -0.2) is 37.2 Å². The van der Waals surface area contributed by atoms with Gasteiger partial charge in [0.25, 0.3) is 0 Å². The molecule has 0 fully saturated rings. The second-order valence-corrected chi connectivity index (χ2v) is 5.00. The van der Waals surface area contributed by atoms with Crippen LogP contribution in [0.3, 0.4) is 0 Å². The van der Waals surface area contributed by atoms with Crippen molar-refractivity contribution in [1.82, 2.24) is 5.32 Å². The van der Waals surface area contributed by atoms with Crippen molar-refractivity contribution in [2.75, 3.05) is 19.7 Å². The van der Waals surface area contributed by atoms with Gasteiger partial charge in [0.15, 0.2) is 0 Å². The first kappa shape index (κ1) is 16.9. The molecule has 0 aromatic heterocycles. The maximum Gasteiger partial charge on any atom is 0.307 e. The molecule has 0 amide bonds. The van der Waals surface area contributed by atoms with Crippen LogP contribution in [0.15, 0.2) is 0 Å². The van der Waals surface area contributed by atoms with Crippen LogP contribution < -0.4 is 5.32 Å². The number of hydrogen-bond acceptors (Lipinski definition) is 5. The molecule has 0 spiro atoms. The minimum Gasteiger partial charge on any atom is -0.466 e. The van der Waals surface area contributed by atoms with Gasteiger partial charge in [-0.2, -0.15) is 0 Å². The van der Waals surface area contributed by atoms with E-state index >= 15 is 0 Å². The SMILES string of the molecule is CCOC(=O)CCCNCCC(=O)OC(C)(C)C. The lowest BCUT2D eigenvalue weighted by Crippen LogP contribution is -2.27. The van der Waals surface area contributed by atoms with E-state index in [0.717, 1.165) is 0 Å². The average molecular weight is 259 g/mol. The number of carbonyl (C=O) groups is 2. The van der Waals surface area contributed by atoms with Crippen molar-refractivity contribution in [3.63, 3.8) is 0 Å². The molecular weight excluding hydrogens is 234 g/mol. The molecule has 0 rings (SSSR count). The molecule has 0 unspecified atom stereocenters. The Kier molecular flexibility index (Phi) is 8.37. The average Bonchev–Trinajstić information content (AvgIpc) is 2.21. The Morgan fingerprint density at radius 3 is 2.28 bits per heavy atom. The Bertz CT molecular complexity index is 258. The molecule has 0 bridgehead atoms. The van der Waals surface area contributed by atoms with Gasteiger partial charge in [0.2, 0.25) is 0 Å². The van der Waals surface area contributed by atoms with Crippen LogP contribution in [0.2, 0.25) is 0 Å². The smallest absolute Gasteiger partial charge is 0.307 e. The summed E-state index contributed by atoms with van der Waals surface area (Å²) in [4.78, 5) is 22.4. The van der Waals surface area contributed by atoms with Gasteiger partial charge < -0.3 is 14.8 Å². The molecule has 0 saturated heterocycles. The fourth-order valence-corrected chi connectivity index (χ4v) is 1.30. The largest absolute Gasteiger partial charge is 0.466 e. The molecular formula is C13H25NO4. The van der Waals surface area contributed by atoms with E-state index in [9.17, 15) is 9.59 Å². The first-order valence-corrected chi connectivity index (χ1v) is 6.43. The fourth-order valence-electron chi connectivity index (χ4n) is 1.30. The molecule has 0 heterocycles. The molecule has 0 radical (unpaired) electrons. The predicted molar refractivity (Wildman–Crippen MR) is 69.2 cm³/mol. The van der Waals surface area contributed by atoms with Gasteiger partial charge in [-0.25, -0.2) is 0 Å². The minimum absolute atomic E-state index is 0.175. The Balaban J connectivity index is 3.41. The summed E-state index contributed by atoms with van der Waals surface area (Å²) in [6, 6.07) is 0. The topological polar surface area (TPSA) is 64.6 Å². The summed E-state index contributed by atoms with van der Waals surface area (Å²) >= 11 is 0. The lowest BCUT2D eigenvalue weighted by Gasteiger charge is -2.19. The van der Waals surface area contributed by atoms with E-state index in [4.69, 9.17) is 9.47 Å². The molecule has 0 saturated carbocycles. The number of esters is 2. The third-order valence-corrected chi connectivity index (χ3v) is 1.97. The molecule has 0 aliphatic rings. The van der Waals surface area contributed by atoms with Crippen LogP contribution in [0.5, 0.6) is 0 Å². The zero-order valence-corrected chi connectivity index (χ0v) is 11.9. The van der Waals surface area contributed by atoms with Gasteiger partial charge in [0.05, 0.1) is 13.0 Å². The Labute approximate surface area is 109 Å². The van der Waals surface area contributed by atoms with Crippen LogP contribution in [-0.2, 0) is 19.1 Å². The summed E-state index contributed by atoms with van der Waals surface area (Å²) in [6.45, 7) is 9.01. The van der Waals surface area contributed by atoms with Crippen LogP contribution in [0.4, 0.5) is 0 Å². The molecule has 5 heteroatoms. The first-order valence-electron chi connectivity index (χ1n) is 6.43. The molecule has 0 aromatic carbocycles. The summed E-state index contributed by atoms with van der Waals surface area (Å²) < 4.78 is 9.96. The van der Waals surface area contributed by atoms with E-state index < -0.39 is 5.60 Å². The van der Waals surface area contributed by atoms with Crippen molar-refractivity contribution < 1.29 is 19.1 Å². The normalized spacial score (nSPS) is 11.1. The van der Waals surface area contributed by atoms with E-state index in [1.165, 1.54) is 0 Å². The van der Waals surface area contributed by atoms with Crippen LogP contribution in [0, 0.1) is 0 Å². The number of carbonyl (C=O) groups excluding carboxylic acids is 2. The number of hydrogen-bond donors (Lipinski definition) is 1. The van der Waals surface area contributed by atoms with Gasteiger partial charge in [-0.15, -0.1) is 0 Å². The molecule has 106 valence electrons. The molecule has 0 atom stereocenters. The van der Waals surface area contributed by atoms with E-state index in [1.807, 2.05) is 20.8 Å². The van der Waals surface area contributed by atoms with Gasteiger partial charge >= 0.3 is 11.9 Å². The zero-order valence-electron chi connectivity index (χ0n) is 11.9. The van der Waals surface area contributed by atoms with E-state index in [1.54, 1.807) is 6.92 Å². The Hall–Kier alpha value is -1.10. The second-order valence-electron chi connectivity index (χ2n) is 5.00. The minimum atomic E-state index is -0.430. The maximum absolute atomic E-state index is 11.3. The molecule has 5 nitrogen and oxygen atoms in total. The van der Waals surface area contributed by atoms with Gasteiger partial charge in [-0.1, -0.05) is 0 Å². The summed E-state index contributed by atoms with van der Waals surface area (Å²) in [6.07, 6.45) is 1.47. The second kappa shape index (κ2) is 8.91. The molecule has 0 aliphatic carbocycles. The number of ether oxygens (including phenoxy) is 2. The zero-order chi connectivity index (χ0) is 14.0. The van der Waals surface area contributed by atoms with E-state index in [0.29, 0.717) is 39.0 Å². The lowest BCUT2D eigenvalue weighted by molar-refractivity contribution is -0.154. The van der Waals surface area contributed by atoms with Crippen molar-refractivity contribution in [1.29, 1.82) is 0 Å². The van der Waals surface area contributed by atoms with Gasteiger partial charge in [-0.3, -0.25) is 9.59 Å². The third kappa shape index (κ3) is 11.4. The highest BCUT2D eigenvalue weighted by atomic mass is 16.6. The highest BCUT2D eigenvalue weighted by Gasteiger charge is 2.15. The quantitative estimate of drug-likeness (QED) is 0.530. The van der Waals surface area contributed by atoms with Gasteiger partial charge in [-0.05, 0) is 40.7 Å².